The number of imidazole rings is 1. The average Bonchev–Trinajstić information content (AvgIpc) is 3.12. The summed E-state index contributed by atoms with van der Waals surface area (Å²) in [5, 5.41) is 2.96. The first-order chi connectivity index (χ1) is 8.24. The third-order valence-electron chi connectivity index (χ3n) is 3.20. The van der Waals surface area contributed by atoms with Gasteiger partial charge in [-0.3, -0.25) is 4.79 Å². The van der Waals surface area contributed by atoms with Crippen LogP contribution < -0.4 is 5.32 Å². The largest absolute Gasteiger partial charge is 0.352 e. The molecular formula is C13H15N3O. The molecule has 3 rings (SSSR count). The lowest BCUT2D eigenvalue weighted by molar-refractivity contribution is -0.122. The van der Waals surface area contributed by atoms with E-state index in [9.17, 15) is 4.79 Å². The Morgan fingerprint density at radius 3 is 3.12 bits per heavy atom. The number of hydrogen-bond donors (Lipinski definition) is 1. The van der Waals surface area contributed by atoms with Crippen LogP contribution in [-0.2, 0) is 18.4 Å². The second-order valence-corrected chi connectivity index (χ2v) is 4.67. The molecule has 0 bridgehead atoms. The van der Waals surface area contributed by atoms with Gasteiger partial charge in [0.1, 0.15) is 0 Å². The molecule has 0 atom stereocenters. The Morgan fingerprint density at radius 2 is 2.35 bits per heavy atom. The van der Waals surface area contributed by atoms with Crippen LogP contribution in [0.1, 0.15) is 18.4 Å². The highest BCUT2D eigenvalue weighted by molar-refractivity contribution is 5.81. The lowest BCUT2D eigenvalue weighted by Gasteiger charge is -2.04. The van der Waals surface area contributed by atoms with Crippen molar-refractivity contribution in [2.75, 3.05) is 0 Å². The summed E-state index contributed by atoms with van der Waals surface area (Å²) >= 11 is 0. The predicted octanol–water partition coefficient (Wildman–Crippen LogP) is 1.60. The van der Waals surface area contributed by atoms with Crippen LogP contribution in [0.15, 0.2) is 24.5 Å². The van der Waals surface area contributed by atoms with Gasteiger partial charge in [0.2, 0.25) is 5.91 Å². The zero-order chi connectivity index (χ0) is 11.8. The van der Waals surface area contributed by atoms with Gasteiger partial charge in [0.15, 0.2) is 0 Å². The van der Waals surface area contributed by atoms with Crippen LogP contribution in [0.3, 0.4) is 0 Å². The lowest BCUT2D eigenvalue weighted by atomic mass is 10.2. The van der Waals surface area contributed by atoms with Gasteiger partial charge in [-0.15, -0.1) is 0 Å². The van der Waals surface area contributed by atoms with E-state index in [0.29, 0.717) is 6.54 Å². The molecule has 1 N–H and O–H groups in total. The summed E-state index contributed by atoms with van der Waals surface area (Å²) in [7, 11) is 1.98. The molecule has 1 fully saturated rings. The first kappa shape index (κ1) is 10.3. The third kappa shape index (κ3) is 2.02. The van der Waals surface area contributed by atoms with Crippen molar-refractivity contribution in [2.45, 2.75) is 19.4 Å². The zero-order valence-electron chi connectivity index (χ0n) is 9.81. The average molecular weight is 229 g/mol. The molecule has 1 aliphatic rings. The highest BCUT2D eigenvalue weighted by Gasteiger charge is 2.29. The molecule has 0 spiro atoms. The Bertz CT molecular complexity index is 569. The van der Waals surface area contributed by atoms with Crippen LogP contribution in [0.5, 0.6) is 0 Å². The molecular weight excluding hydrogens is 214 g/mol. The van der Waals surface area contributed by atoms with Crippen molar-refractivity contribution >= 4 is 16.9 Å². The second-order valence-electron chi connectivity index (χ2n) is 4.67. The smallest absolute Gasteiger partial charge is 0.223 e. The fourth-order valence-corrected chi connectivity index (χ4v) is 1.97. The van der Waals surface area contributed by atoms with Crippen LogP contribution in [0.2, 0.25) is 0 Å². The molecule has 1 saturated carbocycles. The van der Waals surface area contributed by atoms with Crippen molar-refractivity contribution < 1.29 is 4.79 Å². The fraction of sp³-hybridized carbons (Fsp3) is 0.385. The van der Waals surface area contributed by atoms with Gasteiger partial charge in [-0.2, -0.15) is 0 Å². The molecule has 0 aliphatic heterocycles. The molecule has 1 amide bonds. The van der Waals surface area contributed by atoms with E-state index in [0.717, 1.165) is 29.4 Å². The van der Waals surface area contributed by atoms with Gasteiger partial charge in [0, 0.05) is 19.5 Å². The van der Waals surface area contributed by atoms with E-state index < -0.39 is 0 Å². The van der Waals surface area contributed by atoms with Gasteiger partial charge in [-0.05, 0) is 30.5 Å². The third-order valence-corrected chi connectivity index (χ3v) is 3.20. The number of carbonyl (C=O) groups excluding carboxylic acids is 1. The number of nitrogens with zero attached hydrogens (tertiary/aromatic N) is 2. The van der Waals surface area contributed by atoms with E-state index in [-0.39, 0.29) is 11.8 Å². The molecule has 1 heterocycles. The van der Waals surface area contributed by atoms with Gasteiger partial charge >= 0.3 is 0 Å². The van der Waals surface area contributed by atoms with Gasteiger partial charge in [-0.1, -0.05) is 6.07 Å². The fourth-order valence-electron chi connectivity index (χ4n) is 1.97. The zero-order valence-corrected chi connectivity index (χ0v) is 9.81. The molecule has 17 heavy (non-hydrogen) atoms. The first-order valence-corrected chi connectivity index (χ1v) is 5.92. The van der Waals surface area contributed by atoms with Crippen molar-refractivity contribution in [3.63, 3.8) is 0 Å². The molecule has 0 radical (unpaired) electrons. The highest BCUT2D eigenvalue weighted by atomic mass is 16.2. The second kappa shape index (κ2) is 3.87. The maximum absolute atomic E-state index is 11.5. The molecule has 1 aromatic heterocycles. The summed E-state index contributed by atoms with van der Waals surface area (Å²) in [5.74, 6) is 0.458. The minimum Gasteiger partial charge on any atom is -0.352 e. The standard InChI is InChI=1S/C13H15N3O/c1-16-8-15-11-6-9(2-5-12(11)16)7-14-13(17)10-3-4-10/h2,5-6,8,10H,3-4,7H2,1H3,(H,14,17). The van der Waals surface area contributed by atoms with Crippen LogP contribution >= 0.6 is 0 Å². The number of hydrogen-bond acceptors (Lipinski definition) is 2. The van der Waals surface area contributed by atoms with E-state index in [2.05, 4.69) is 10.3 Å². The Kier molecular flexibility index (Phi) is 2.35. The van der Waals surface area contributed by atoms with E-state index in [1.165, 1.54) is 0 Å². The number of aryl methyl sites for hydroxylation is 1. The van der Waals surface area contributed by atoms with Gasteiger partial charge < -0.3 is 9.88 Å². The number of nitrogens with one attached hydrogen (secondary N) is 1. The van der Waals surface area contributed by atoms with Crippen LogP contribution in [-0.4, -0.2) is 15.5 Å². The quantitative estimate of drug-likeness (QED) is 0.869. The van der Waals surface area contributed by atoms with E-state index in [4.69, 9.17) is 0 Å². The summed E-state index contributed by atoms with van der Waals surface area (Å²) in [4.78, 5) is 15.8. The molecule has 1 aliphatic carbocycles. The van der Waals surface area contributed by atoms with Gasteiger partial charge in [0.05, 0.1) is 17.4 Å². The SMILES string of the molecule is Cn1cnc2cc(CNC(=O)C3CC3)ccc21. The number of carbonyl (C=O) groups is 1. The van der Waals surface area contributed by atoms with Crippen LogP contribution in [0.25, 0.3) is 11.0 Å². The molecule has 1 aromatic carbocycles. The monoisotopic (exact) mass is 229 g/mol. The van der Waals surface area contributed by atoms with Gasteiger partial charge in [0.25, 0.3) is 0 Å². The van der Waals surface area contributed by atoms with Crippen LogP contribution in [0, 0.1) is 5.92 Å². The predicted molar refractivity (Wildman–Crippen MR) is 65.3 cm³/mol. The molecule has 4 heteroatoms. The molecule has 4 nitrogen and oxygen atoms in total. The number of aromatic nitrogens is 2. The molecule has 0 unspecified atom stereocenters. The van der Waals surface area contributed by atoms with Gasteiger partial charge in [-0.25, -0.2) is 4.98 Å². The first-order valence-electron chi connectivity index (χ1n) is 5.92. The lowest BCUT2D eigenvalue weighted by Crippen LogP contribution is -2.24. The molecule has 2 aromatic rings. The maximum Gasteiger partial charge on any atom is 0.223 e. The maximum atomic E-state index is 11.5. The summed E-state index contributed by atoms with van der Waals surface area (Å²) in [5.41, 5.74) is 3.19. The minimum absolute atomic E-state index is 0.186. The highest BCUT2D eigenvalue weighted by Crippen LogP contribution is 2.28. The van der Waals surface area contributed by atoms with Crippen molar-refractivity contribution in [2.24, 2.45) is 13.0 Å². The number of benzene rings is 1. The van der Waals surface area contributed by atoms with Crippen LogP contribution in [0.4, 0.5) is 0 Å². The Morgan fingerprint density at radius 1 is 1.53 bits per heavy atom. The summed E-state index contributed by atoms with van der Waals surface area (Å²) < 4.78 is 1.99. The number of rotatable bonds is 3. The van der Waals surface area contributed by atoms with Crippen molar-refractivity contribution in [3.8, 4) is 0 Å². The minimum atomic E-state index is 0.186. The summed E-state index contributed by atoms with van der Waals surface area (Å²) in [6.07, 6.45) is 3.90. The topological polar surface area (TPSA) is 46.9 Å². The summed E-state index contributed by atoms with van der Waals surface area (Å²) in [6.45, 7) is 0.599. The normalized spacial score (nSPS) is 15.1. The number of amides is 1. The Balaban J connectivity index is 1.74. The van der Waals surface area contributed by atoms with Crippen molar-refractivity contribution in [3.05, 3.63) is 30.1 Å². The van der Waals surface area contributed by atoms with E-state index >= 15 is 0 Å². The molecule has 88 valence electrons. The van der Waals surface area contributed by atoms with E-state index in [1.54, 1.807) is 6.33 Å². The molecule has 0 saturated heterocycles. The Labute approximate surface area is 99.6 Å². The van der Waals surface area contributed by atoms with E-state index in [1.807, 2.05) is 29.8 Å². The Hall–Kier alpha value is -1.84. The summed E-state index contributed by atoms with van der Waals surface area (Å²) in [6, 6.07) is 6.11. The van der Waals surface area contributed by atoms with Crippen molar-refractivity contribution in [1.29, 1.82) is 0 Å². The van der Waals surface area contributed by atoms with Crippen molar-refractivity contribution in [1.82, 2.24) is 14.9 Å². The number of fused-ring (bicyclic) bond motifs is 1.